The second-order valence-electron chi connectivity index (χ2n) is 10.8. The molecule has 2 heterocycles. The van der Waals surface area contributed by atoms with Crippen LogP contribution in [-0.2, 0) is 22.6 Å². The maximum absolute atomic E-state index is 11.8. The average molecular weight is 568 g/mol. The van der Waals surface area contributed by atoms with Crippen LogP contribution in [0.15, 0.2) is 24.4 Å². The molecule has 1 fully saturated rings. The minimum Gasteiger partial charge on any atom is -0.496 e. The molecule has 0 saturated heterocycles. The van der Waals surface area contributed by atoms with Gasteiger partial charge in [0, 0.05) is 43.8 Å². The molecule has 1 aliphatic rings. The zero-order chi connectivity index (χ0) is 29.2. The second kappa shape index (κ2) is 15.1. The van der Waals surface area contributed by atoms with Crippen LogP contribution >= 0.6 is 0 Å². The van der Waals surface area contributed by atoms with Gasteiger partial charge in [0.25, 0.3) is 0 Å². The molecule has 7 N–H and O–H groups in total. The van der Waals surface area contributed by atoms with E-state index < -0.39 is 0 Å². The van der Waals surface area contributed by atoms with Gasteiger partial charge < -0.3 is 36.8 Å². The number of benzene rings is 1. The Balaban J connectivity index is 1.51. The number of nitrogen functional groups attached to an aromatic ring is 1. The van der Waals surface area contributed by atoms with E-state index in [1.165, 1.54) is 6.42 Å². The number of carbonyl (C=O) groups is 1. The van der Waals surface area contributed by atoms with Gasteiger partial charge in [-0.25, -0.2) is 4.98 Å². The van der Waals surface area contributed by atoms with Crippen molar-refractivity contribution in [1.29, 1.82) is 0 Å². The third-order valence-corrected chi connectivity index (χ3v) is 7.63. The van der Waals surface area contributed by atoms with Crippen molar-refractivity contribution in [2.24, 2.45) is 17.4 Å². The molecule has 4 rings (SSSR count). The maximum Gasteiger partial charge on any atom is 0.222 e. The molecule has 0 spiro atoms. The molecule has 41 heavy (non-hydrogen) atoms. The molecule has 0 aliphatic heterocycles. The summed E-state index contributed by atoms with van der Waals surface area (Å²) < 4.78 is 13.2. The number of nitrogens with one attached hydrogen (secondary N) is 1. The monoisotopic (exact) mass is 567 g/mol. The fourth-order valence-corrected chi connectivity index (χ4v) is 5.23. The van der Waals surface area contributed by atoms with Crippen LogP contribution in [0.2, 0.25) is 0 Å². The molecule has 0 bridgehead atoms. The third-order valence-electron chi connectivity index (χ3n) is 7.63. The average Bonchev–Trinajstić information content (AvgIpc) is 3.32. The molecule has 2 unspecified atom stereocenters. The summed E-state index contributed by atoms with van der Waals surface area (Å²) in [6.07, 6.45) is 8.45. The first-order valence-corrected chi connectivity index (χ1v) is 14.6. The van der Waals surface area contributed by atoms with E-state index in [1.54, 1.807) is 13.3 Å². The Bertz CT molecular complexity index is 1260. The number of aldehydes is 1. The topological polar surface area (TPSA) is 172 Å². The molecular formula is C29H45N9O3. The Morgan fingerprint density at radius 1 is 1.24 bits per heavy atom. The van der Waals surface area contributed by atoms with Gasteiger partial charge in [-0.05, 0) is 37.3 Å². The number of hydrogen-bond donors (Lipinski definition) is 4. The van der Waals surface area contributed by atoms with Crippen LogP contribution < -0.4 is 27.3 Å². The molecule has 2 aromatic heterocycles. The number of fused-ring (bicyclic) bond motifs is 1. The lowest BCUT2D eigenvalue weighted by Gasteiger charge is -2.39. The van der Waals surface area contributed by atoms with Gasteiger partial charge in [0.2, 0.25) is 5.95 Å². The summed E-state index contributed by atoms with van der Waals surface area (Å²) in [5, 5.41) is 7.85. The van der Waals surface area contributed by atoms with Gasteiger partial charge in [-0.2, -0.15) is 10.1 Å². The van der Waals surface area contributed by atoms with Crippen LogP contribution in [0, 0.1) is 5.92 Å². The third kappa shape index (κ3) is 8.13. The fourth-order valence-electron chi connectivity index (χ4n) is 5.23. The predicted molar refractivity (Wildman–Crippen MR) is 160 cm³/mol. The van der Waals surface area contributed by atoms with Gasteiger partial charge in [0.05, 0.1) is 32.6 Å². The Morgan fingerprint density at radius 3 is 2.76 bits per heavy atom. The highest BCUT2D eigenvalue weighted by Crippen LogP contribution is 2.30. The van der Waals surface area contributed by atoms with Gasteiger partial charge in [0.1, 0.15) is 23.1 Å². The van der Waals surface area contributed by atoms with E-state index >= 15 is 0 Å². The number of hydrogen-bond acceptors (Lipinski definition) is 11. The minimum absolute atomic E-state index is 0.0767. The van der Waals surface area contributed by atoms with Gasteiger partial charge in [-0.15, -0.1) is 0 Å². The molecule has 0 radical (unpaired) electrons. The summed E-state index contributed by atoms with van der Waals surface area (Å²) in [6.45, 7) is 5.55. The van der Waals surface area contributed by atoms with Crippen molar-refractivity contribution in [3.05, 3.63) is 35.5 Å². The lowest BCUT2D eigenvalue weighted by molar-refractivity contribution is -0.112. The summed E-state index contributed by atoms with van der Waals surface area (Å²) in [6, 6.07) is 6.77. The van der Waals surface area contributed by atoms with Crippen LogP contribution in [0.1, 0.15) is 56.6 Å². The number of carbonyl (C=O) groups excluding carboxylic acids is 1. The van der Waals surface area contributed by atoms with E-state index in [2.05, 4.69) is 50.4 Å². The van der Waals surface area contributed by atoms with Crippen molar-refractivity contribution in [1.82, 2.24) is 24.6 Å². The van der Waals surface area contributed by atoms with Gasteiger partial charge in [-0.3, -0.25) is 9.58 Å². The SMILES string of the molecule is CCCC(N)Nc1nc(N)nc2cnn(Cc3ccc(CN(CC(C=O)CCOCCN)C4CCC4)cc3OC)c12. The molecule has 3 aromatic rings. The highest BCUT2D eigenvalue weighted by atomic mass is 16.5. The lowest BCUT2D eigenvalue weighted by atomic mass is 9.90. The lowest BCUT2D eigenvalue weighted by Crippen LogP contribution is -2.42. The van der Waals surface area contributed by atoms with Crippen molar-refractivity contribution in [3.8, 4) is 5.75 Å². The molecular weight excluding hydrogens is 522 g/mol. The molecule has 1 aromatic carbocycles. The summed E-state index contributed by atoms with van der Waals surface area (Å²) in [5.74, 6) is 1.43. The summed E-state index contributed by atoms with van der Waals surface area (Å²) >= 11 is 0. The van der Waals surface area contributed by atoms with E-state index in [0.29, 0.717) is 56.6 Å². The largest absolute Gasteiger partial charge is 0.496 e. The number of anilines is 2. The molecule has 1 aliphatic carbocycles. The molecule has 224 valence electrons. The molecule has 2 atom stereocenters. The van der Waals surface area contributed by atoms with Crippen molar-refractivity contribution in [3.63, 3.8) is 0 Å². The summed E-state index contributed by atoms with van der Waals surface area (Å²) in [4.78, 5) is 23.1. The molecule has 0 amide bonds. The fraction of sp³-hybridized carbons (Fsp3) is 0.586. The van der Waals surface area contributed by atoms with Gasteiger partial charge in [-0.1, -0.05) is 31.9 Å². The van der Waals surface area contributed by atoms with Crippen molar-refractivity contribution in [2.75, 3.05) is 44.5 Å². The number of ether oxygens (including phenoxy) is 2. The van der Waals surface area contributed by atoms with Crippen molar-refractivity contribution >= 4 is 29.1 Å². The standard InChI is InChI=1S/C29H45N9O3/c1-3-5-26(31)35-28-27-24(34-29(32)36-28)15-33-38(27)18-22-9-8-20(14-25(22)40-2)16-37(23-6-4-7-23)17-21(19-39)10-12-41-13-11-30/h8-9,14-15,19,21,23,26H,3-7,10-13,16-18,30-31H2,1-2H3,(H3,32,34,35,36). The Kier molecular flexibility index (Phi) is 11.3. The van der Waals surface area contributed by atoms with Crippen LogP contribution in [0.5, 0.6) is 5.75 Å². The second-order valence-corrected chi connectivity index (χ2v) is 10.8. The number of rotatable bonds is 18. The molecule has 1 saturated carbocycles. The molecule has 12 heteroatoms. The van der Waals surface area contributed by atoms with E-state index in [-0.39, 0.29) is 18.0 Å². The number of aromatic nitrogens is 4. The van der Waals surface area contributed by atoms with Crippen molar-refractivity contribution in [2.45, 2.75) is 70.7 Å². The minimum atomic E-state index is -0.259. The normalized spacial score (nSPS) is 15.1. The number of nitrogens with zero attached hydrogens (tertiary/aromatic N) is 5. The quantitative estimate of drug-likeness (QED) is 0.101. The van der Waals surface area contributed by atoms with E-state index in [1.807, 2.05) is 4.68 Å². The van der Waals surface area contributed by atoms with Crippen LogP contribution in [0.4, 0.5) is 11.8 Å². The Labute approximate surface area is 241 Å². The smallest absolute Gasteiger partial charge is 0.222 e. The first-order valence-electron chi connectivity index (χ1n) is 14.6. The number of nitrogens with two attached hydrogens (primary N) is 3. The zero-order valence-corrected chi connectivity index (χ0v) is 24.3. The number of methoxy groups -OCH3 is 1. The molecule has 12 nitrogen and oxygen atoms in total. The predicted octanol–water partition coefficient (Wildman–Crippen LogP) is 2.50. The summed E-state index contributed by atoms with van der Waals surface area (Å²) in [5.41, 5.74) is 21.2. The Morgan fingerprint density at radius 2 is 2.07 bits per heavy atom. The highest BCUT2D eigenvalue weighted by Gasteiger charge is 2.27. The van der Waals surface area contributed by atoms with E-state index in [9.17, 15) is 4.79 Å². The first kappa shape index (κ1) is 30.6. The van der Waals surface area contributed by atoms with Gasteiger partial charge >= 0.3 is 0 Å². The van der Waals surface area contributed by atoms with Gasteiger partial charge in [0.15, 0.2) is 5.82 Å². The van der Waals surface area contributed by atoms with Crippen LogP contribution in [-0.4, -0.2) is 76.6 Å². The van der Waals surface area contributed by atoms with E-state index in [4.69, 9.17) is 26.7 Å². The Hall–Kier alpha value is -3.32. The maximum atomic E-state index is 11.8. The highest BCUT2D eigenvalue weighted by molar-refractivity contribution is 5.86. The zero-order valence-electron chi connectivity index (χ0n) is 24.3. The summed E-state index contributed by atoms with van der Waals surface area (Å²) in [7, 11) is 1.68. The first-order chi connectivity index (χ1) is 19.9. The van der Waals surface area contributed by atoms with Crippen LogP contribution in [0.3, 0.4) is 0 Å². The van der Waals surface area contributed by atoms with Crippen LogP contribution in [0.25, 0.3) is 11.0 Å². The van der Waals surface area contributed by atoms with Crippen molar-refractivity contribution < 1.29 is 14.3 Å². The van der Waals surface area contributed by atoms with E-state index in [0.717, 1.165) is 60.9 Å².